The summed E-state index contributed by atoms with van der Waals surface area (Å²) >= 11 is 1.56. The predicted octanol–water partition coefficient (Wildman–Crippen LogP) is 6.85. The lowest BCUT2D eigenvalue weighted by molar-refractivity contribution is -0.139. The van der Waals surface area contributed by atoms with E-state index < -0.39 is 12.0 Å². The average Bonchev–Trinajstić information content (AvgIpc) is 2.98. The Labute approximate surface area is 241 Å². The Balaban J connectivity index is 1.66. The highest BCUT2D eigenvalue weighted by molar-refractivity contribution is 7.98. The Morgan fingerprint density at radius 1 is 0.850 bits per heavy atom. The third-order valence-corrected chi connectivity index (χ3v) is 7.63. The van der Waals surface area contributed by atoms with Gasteiger partial charge in [-0.1, -0.05) is 78.9 Å². The molecule has 1 amide bonds. The minimum Gasteiger partial charge on any atom is -0.480 e. The van der Waals surface area contributed by atoms with Crippen molar-refractivity contribution in [2.24, 2.45) is 0 Å². The van der Waals surface area contributed by atoms with Gasteiger partial charge in [-0.3, -0.25) is 4.79 Å². The summed E-state index contributed by atoms with van der Waals surface area (Å²) in [6, 6.07) is 33.8. The molecule has 0 saturated carbocycles. The molecule has 206 valence electrons. The number of carboxylic acids is 1. The van der Waals surface area contributed by atoms with Crippen LogP contribution in [0.3, 0.4) is 0 Å². The van der Waals surface area contributed by atoms with Crippen LogP contribution >= 0.6 is 11.8 Å². The van der Waals surface area contributed by atoms with Crippen LogP contribution < -0.4 is 10.2 Å². The van der Waals surface area contributed by atoms with E-state index in [4.69, 9.17) is 0 Å². The van der Waals surface area contributed by atoms with Crippen LogP contribution in [0.15, 0.2) is 103 Å². The number of rotatable bonds is 13. The molecule has 4 aromatic rings. The van der Waals surface area contributed by atoms with Gasteiger partial charge in [0.25, 0.3) is 5.91 Å². The van der Waals surface area contributed by atoms with E-state index in [-0.39, 0.29) is 5.91 Å². The van der Waals surface area contributed by atoms with Crippen molar-refractivity contribution in [2.45, 2.75) is 32.4 Å². The number of para-hydroxylation sites is 1. The Morgan fingerprint density at radius 3 is 2.20 bits per heavy atom. The van der Waals surface area contributed by atoms with E-state index in [0.717, 1.165) is 40.9 Å². The van der Waals surface area contributed by atoms with Crippen LogP contribution in [0.4, 0.5) is 5.69 Å². The molecule has 0 bridgehead atoms. The number of benzene rings is 4. The summed E-state index contributed by atoms with van der Waals surface area (Å²) in [7, 11) is 0. The third kappa shape index (κ3) is 7.76. The van der Waals surface area contributed by atoms with Gasteiger partial charge < -0.3 is 15.3 Å². The molecule has 1 atom stereocenters. The van der Waals surface area contributed by atoms with Crippen LogP contribution in [0.2, 0.25) is 0 Å². The molecule has 6 heteroatoms. The lowest BCUT2D eigenvalue weighted by Crippen LogP contribution is -2.41. The normalized spacial score (nSPS) is 11.6. The van der Waals surface area contributed by atoms with E-state index in [1.165, 1.54) is 5.56 Å². The van der Waals surface area contributed by atoms with Gasteiger partial charge >= 0.3 is 5.97 Å². The second-order valence-electron chi connectivity index (χ2n) is 9.83. The van der Waals surface area contributed by atoms with Gasteiger partial charge in [0.15, 0.2) is 0 Å². The first kappa shape index (κ1) is 29.0. The van der Waals surface area contributed by atoms with Gasteiger partial charge in [-0.2, -0.15) is 11.8 Å². The van der Waals surface area contributed by atoms with Gasteiger partial charge in [0, 0.05) is 24.3 Å². The number of aryl methyl sites for hydroxylation is 1. The zero-order valence-electron chi connectivity index (χ0n) is 23.0. The summed E-state index contributed by atoms with van der Waals surface area (Å²) in [4.78, 5) is 27.6. The van der Waals surface area contributed by atoms with Crippen LogP contribution in [-0.2, 0) is 17.8 Å². The first-order valence-corrected chi connectivity index (χ1v) is 14.9. The molecule has 0 radical (unpaired) electrons. The topological polar surface area (TPSA) is 69.6 Å². The van der Waals surface area contributed by atoms with E-state index in [9.17, 15) is 14.7 Å². The van der Waals surface area contributed by atoms with Gasteiger partial charge in [-0.15, -0.1) is 0 Å². The fraction of sp³-hybridized carbons (Fsp3) is 0.235. The summed E-state index contributed by atoms with van der Waals surface area (Å²) < 4.78 is 0. The number of hydrogen-bond donors (Lipinski definition) is 2. The smallest absolute Gasteiger partial charge is 0.326 e. The standard InChI is InChI=1S/C34H36N2O3S/c1-25-11-9-10-16-29(25)31-23-27(17-18-30(31)33(37)35-32(34(38)39)20-22-40-2)24-36(28-14-7-4-8-15-28)21-19-26-12-5-3-6-13-26/h3-18,23,32H,19-22,24H2,1-2H3,(H,35,37)(H,38,39). The molecule has 0 aromatic heterocycles. The summed E-state index contributed by atoms with van der Waals surface area (Å²) in [5, 5.41) is 12.4. The van der Waals surface area contributed by atoms with Gasteiger partial charge in [0.1, 0.15) is 6.04 Å². The zero-order valence-corrected chi connectivity index (χ0v) is 23.9. The molecule has 5 nitrogen and oxygen atoms in total. The van der Waals surface area contributed by atoms with Crippen LogP contribution in [0.25, 0.3) is 11.1 Å². The predicted molar refractivity (Wildman–Crippen MR) is 166 cm³/mol. The van der Waals surface area contributed by atoms with Crippen molar-refractivity contribution in [1.29, 1.82) is 0 Å². The quantitative estimate of drug-likeness (QED) is 0.190. The minimum atomic E-state index is -1.02. The SMILES string of the molecule is CSCCC(NC(=O)c1ccc(CN(CCc2ccccc2)c2ccccc2)cc1-c1ccccc1C)C(=O)O. The van der Waals surface area contributed by atoms with Crippen LogP contribution in [0, 0.1) is 6.92 Å². The van der Waals surface area contributed by atoms with E-state index in [0.29, 0.717) is 24.3 Å². The molecule has 4 aromatic carbocycles. The molecule has 0 aliphatic heterocycles. The Morgan fingerprint density at radius 2 is 1.52 bits per heavy atom. The van der Waals surface area contributed by atoms with Crippen molar-refractivity contribution in [3.05, 3.63) is 125 Å². The second kappa shape index (κ2) is 14.4. The highest BCUT2D eigenvalue weighted by Gasteiger charge is 2.23. The van der Waals surface area contributed by atoms with Gasteiger partial charge in [0.05, 0.1) is 0 Å². The van der Waals surface area contributed by atoms with E-state index >= 15 is 0 Å². The molecule has 0 aliphatic carbocycles. The largest absolute Gasteiger partial charge is 0.480 e. The monoisotopic (exact) mass is 552 g/mol. The Bertz CT molecular complexity index is 1410. The van der Waals surface area contributed by atoms with Gasteiger partial charge in [-0.25, -0.2) is 4.79 Å². The third-order valence-electron chi connectivity index (χ3n) is 6.99. The summed E-state index contributed by atoms with van der Waals surface area (Å²) in [5.41, 5.74) is 6.78. The lowest BCUT2D eigenvalue weighted by atomic mass is 9.93. The number of nitrogens with one attached hydrogen (secondary N) is 1. The maximum atomic E-state index is 13.5. The van der Waals surface area contributed by atoms with Crippen LogP contribution in [-0.4, -0.2) is 41.6 Å². The number of carbonyl (C=O) groups is 2. The Hall–Kier alpha value is -4.03. The van der Waals surface area contributed by atoms with Crippen molar-refractivity contribution in [3.8, 4) is 11.1 Å². The number of aliphatic carboxylic acids is 1. The van der Waals surface area contributed by atoms with Crippen LogP contribution in [0.5, 0.6) is 0 Å². The molecule has 0 aliphatic rings. The number of nitrogens with zero attached hydrogens (tertiary/aromatic N) is 1. The molecule has 0 heterocycles. The summed E-state index contributed by atoms with van der Waals surface area (Å²) in [6.07, 6.45) is 3.20. The maximum absolute atomic E-state index is 13.5. The number of carboxylic acid groups (broad SMARTS) is 1. The molecular weight excluding hydrogens is 516 g/mol. The molecular formula is C34H36N2O3S. The van der Waals surface area contributed by atoms with Crippen molar-refractivity contribution >= 4 is 29.3 Å². The maximum Gasteiger partial charge on any atom is 0.326 e. The summed E-state index contributed by atoms with van der Waals surface area (Å²) in [6.45, 7) is 3.53. The minimum absolute atomic E-state index is 0.369. The van der Waals surface area contributed by atoms with Crippen molar-refractivity contribution in [1.82, 2.24) is 5.32 Å². The van der Waals surface area contributed by atoms with Crippen molar-refractivity contribution in [2.75, 3.05) is 23.5 Å². The molecule has 4 rings (SSSR count). The second-order valence-corrected chi connectivity index (χ2v) is 10.8. The molecule has 0 spiro atoms. The van der Waals surface area contributed by atoms with E-state index in [2.05, 4.69) is 52.7 Å². The number of hydrogen-bond acceptors (Lipinski definition) is 4. The molecule has 1 unspecified atom stereocenters. The first-order chi connectivity index (χ1) is 19.5. The molecule has 40 heavy (non-hydrogen) atoms. The Kier molecular flexibility index (Phi) is 10.4. The fourth-order valence-electron chi connectivity index (χ4n) is 4.78. The number of carbonyl (C=O) groups excluding carboxylic acids is 1. The van der Waals surface area contributed by atoms with E-state index in [1.807, 2.05) is 73.8 Å². The molecule has 0 saturated heterocycles. The highest BCUT2D eigenvalue weighted by Crippen LogP contribution is 2.29. The molecule has 0 fully saturated rings. The fourth-order valence-corrected chi connectivity index (χ4v) is 5.25. The van der Waals surface area contributed by atoms with E-state index in [1.54, 1.807) is 11.8 Å². The summed E-state index contributed by atoms with van der Waals surface area (Å²) in [5.74, 6) is -0.741. The van der Waals surface area contributed by atoms with Gasteiger partial charge in [-0.05, 0) is 83.9 Å². The van der Waals surface area contributed by atoms with Crippen molar-refractivity contribution in [3.63, 3.8) is 0 Å². The lowest BCUT2D eigenvalue weighted by Gasteiger charge is -2.26. The molecule has 2 N–H and O–H groups in total. The van der Waals surface area contributed by atoms with Crippen LogP contribution in [0.1, 0.15) is 33.5 Å². The average molecular weight is 553 g/mol. The first-order valence-electron chi connectivity index (χ1n) is 13.5. The van der Waals surface area contributed by atoms with Crippen molar-refractivity contribution < 1.29 is 14.7 Å². The zero-order chi connectivity index (χ0) is 28.3. The number of thioether (sulfide) groups is 1. The number of amides is 1. The number of anilines is 1. The highest BCUT2D eigenvalue weighted by atomic mass is 32.2. The van der Waals surface area contributed by atoms with Gasteiger partial charge in [0.2, 0.25) is 0 Å².